The minimum Gasteiger partial charge on any atom is -0.355 e. The molecule has 2 amide bonds. The number of hydrogen-bond acceptors (Lipinski definition) is 4. The number of nitrogens with zero attached hydrogens (tertiary/aromatic N) is 4. The molecule has 178 valence electrons. The average Bonchev–Trinajstić information content (AvgIpc) is 3.15. The standard InChI is InChI=1S/C27H33N5O2/c1-4-28-25(33)19-30-13-8-14-31(16-15-30)27(34)24-18-32(23-9-6-5-7-10-23)29-26(24)22-12-11-20(2)21(3)17-22/h5-7,9-12,17-18H,4,8,13-16,19H2,1-3H3,(H,28,33). The Bertz CT molecular complexity index is 1160. The van der Waals surface area contributed by atoms with Crippen LogP contribution >= 0.6 is 0 Å². The first kappa shape index (κ1) is 23.7. The van der Waals surface area contributed by atoms with Crippen LogP contribution in [0.2, 0.25) is 0 Å². The zero-order valence-electron chi connectivity index (χ0n) is 20.3. The summed E-state index contributed by atoms with van der Waals surface area (Å²) in [6.45, 7) is 9.80. The van der Waals surface area contributed by atoms with Gasteiger partial charge in [0.1, 0.15) is 5.69 Å². The van der Waals surface area contributed by atoms with Crippen molar-refractivity contribution in [2.75, 3.05) is 39.3 Å². The molecular formula is C27H33N5O2. The van der Waals surface area contributed by atoms with Crippen LogP contribution in [0.4, 0.5) is 0 Å². The molecule has 0 aliphatic carbocycles. The van der Waals surface area contributed by atoms with E-state index in [1.165, 1.54) is 11.1 Å². The Morgan fingerprint density at radius 2 is 1.76 bits per heavy atom. The fourth-order valence-electron chi connectivity index (χ4n) is 4.30. The van der Waals surface area contributed by atoms with E-state index in [2.05, 4.69) is 36.2 Å². The number of hydrogen-bond donors (Lipinski definition) is 1. The molecule has 1 N–H and O–H groups in total. The lowest BCUT2D eigenvalue weighted by Gasteiger charge is -2.21. The van der Waals surface area contributed by atoms with E-state index in [1.54, 1.807) is 4.68 Å². The van der Waals surface area contributed by atoms with Gasteiger partial charge in [0, 0.05) is 44.5 Å². The summed E-state index contributed by atoms with van der Waals surface area (Å²) in [5.41, 5.74) is 5.52. The van der Waals surface area contributed by atoms with Gasteiger partial charge in [-0.15, -0.1) is 0 Å². The fourth-order valence-corrected chi connectivity index (χ4v) is 4.30. The minimum atomic E-state index is -0.0183. The second-order valence-corrected chi connectivity index (χ2v) is 8.85. The Balaban J connectivity index is 1.62. The summed E-state index contributed by atoms with van der Waals surface area (Å²) in [5, 5.41) is 7.69. The van der Waals surface area contributed by atoms with Crippen molar-refractivity contribution >= 4 is 11.8 Å². The highest BCUT2D eigenvalue weighted by molar-refractivity contribution is 6.00. The van der Waals surface area contributed by atoms with E-state index in [1.807, 2.05) is 54.4 Å². The Hall–Kier alpha value is -3.45. The first-order valence-electron chi connectivity index (χ1n) is 12.0. The van der Waals surface area contributed by atoms with Crippen molar-refractivity contribution in [3.63, 3.8) is 0 Å². The fraction of sp³-hybridized carbons (Fsp3) is 0.370. The van der Waals surface area contributed by atoms with Crippen LogP contribution in [0.1, 0.15) is 34.8 Å². The Labute approximate surface area is 201 Å². The lowest BCUT2D eigenvalue weighted by atomic mass is 10.0. The van der Waals surface area contributed by atoms with Crippen molar-refractivity contribution in [1.82, 2.24) is 24.9 Å². The number of aryl methyl sites for hydroxylation is 2. The summed E-state index contributed by atoms with van der Waals surface area (Å²) in [6, 6.07) is 16.1. The number of aromatic nitrogens is 2. The molecule has 4 rings (SSSR count). The summed E-state index contributed by atoms with van der Waals surface area (Å²) in [5.74, 6) is 0.0127. The summed E-state index contributed by atoms with van der Waals surface area (Å²) in [4.78, 5) is 29.8. The molecule has 0 saturated carbocycles. The topological polar surface area (TPSA) is 70.5 Å². The lowest BCUT2D eigenvalue weighted by molar-refractivity contribution is -0.122. The Morgan fingerprint density at radius 3 is 2.50 bits per heavy atom. The van der Waals surface area contributed by atoms with Gasteiger partial charge >= 0.3 is 0 Å². The minimum absolute atomic E-state index is 0.0183. The van der Waals surface area contributed by atoms with Crippen molar-refractivity contribution in [2.24, 2.45) is 0 Å². The maximum absolute atomic E-state index is 13.7. The molecular weight excluding hydrogens is 426 g/mol. The third kappa shape index (κ3) is 5.37. The molecule has 2 heterocycles. The third-order valence-electron chi connectivity index (χ3n) is 6.36. The van der Waals surface area contributed by atoms with E-state index < -0.39 is 0 Å². The van der Waals surface area contributed by atoms with Crippen LogP contribution < -0.4 is 5.32 Å². The second kappa shape index (κ2) is 10.7. The average molecular weight is 460 g/mol. The zero-order chi connectivity index (χ0) is 24.1. The van der Waals surface area contributed by atoms with Crippen LogP contribution in [0, 0.1) is 13.8 Å². The molecule has 2 aromatic carbocycles. The van der Waals surface area contributed by atoms with Gasteiger partial charge in [-0.05, 0) is 56.5 Å². The number of para-hydroxylation sites is 1. The molecule has 3 aromatic rings. The molecule has 1 saturated heterocycles. The van der Waals surface area contributed by atoms with E-state index in [0.717, 1.165) is 24.2 Å². The molecule has 1 aromatic heterocycles. The molecule has 0 bridgehead atoms. The van der Waals surface area contributed by atoms with Crippen LogP contribution in [0.25, 0.3) is 16.9 Å². The van der Waals surface area contributed by atoms with Crippen molar-refractivity contribution in [1.29, 1.82) is 0 Å². The highest BCUT2D eigenvalue weighted by Crippen LogP contribution is 2.27. The summed E-state index contributed by atoms with van der Waals surface area (Å²) in [7, 11) is 0. The van der Waals surface area contributed by atoms with Gasteiger partial charge in [0.25, 0.3) is 5.91 Å². The molecule has 0 radical (unpaired) electrons. The van der Waals surface area contributed by atoms with Crippen molar-refractivity contribution in [3.05, 3.63) is 71.4 Å². The van der Waals surface area contributed by atoms with Crippen LogP contribution in [-0.4, -0.2) is 70.7 Å². The van der Waals surface area contributed by atoms with E-state index in [-0.39, 0.29) is 11.8 Å². The smallest absolute Gasteiger partial charge is 0.257 e. The number of rotatable bonds is 6. The van der Waals surface area contributed by atoms with Gasteiger partial charge < -0.3 is 10.2 Å². The molecule has 34 heavy (non-hydrogen) atoms. The number of likely N-dealkylation sites (N-methyl/N-ethyl adjacent to an activating group) is 1. The quantitative estimate of drug-likeness (QED) is 0.613. The Kier molecular flexibility index (Phi) is 7.43. The van der Waals surface area contributed by atoms with E-state index in [0.29, 0.717) is 44.0 Å². The van der Waals surface area contributed by atoms with Crippen molar-refractivity contribution in [3.8, 4) is 16.9 Å². The largest absolute Gasteiger partial charge is 0.355 e. The van der Waals surface area contributed by atoms with Crippen LogP contribution in [-0.2, 0) is 4.79 Å². The van der Waals surface area contributed by atoms with Gasteiger partial charge in [-0.25, -0.2) is 4.68 Å². The Morgan fingerprint density at radius 1 is 0.971 bits per heavy atom. The monoisotopic (exact) mass is 459 g/mol. The summed E-state index contributed by atoms with van der Waals surface area (Å²) in [6.07, 6.45) is 2.68. The number of nitrogens with one attached hydrogen (secondary N) is 1. The van der Waals surface area contributed by atoms with Gasteiger partial charge in [-0.1, -0.05) is 30.3 Å². The normalized spacial score (nSPS) is 14.6. The summed E-state index contributed by atoms with van der Waals surface area (Å²) >= 11 is 0. The molecule has 1 fully saturated rings. The summed E-state index contributed by atoms with van der Waals surface area (Å²) < 4.78 is 1.79. The van der Waals surface area contributed by atoms with Crippen LogP contribution in [0.15, 0.2) is 54.7 Å². The first-order valence-corrected chi connectivity index (χ1v) is 12.0. The highest BCUT2D eigenvalue weighted by atomic mass is 16.2. The molecule has 7 heteroatoms. The molecule has 0 spiro atoms. The SMILES string of the molecule is CCNC(=O)CN1CCCN(C(=O)c2cn(-c3ccccc3)nc2-c2ccc(C)c(C)c2)CC1. The number of amides is 2. The van der Waals surface area contributed by atoms with Gasteiger partial charge in [-0.2, -0.15) is 5.10 Å². The van der Waals surface area contributed by atoms with Crippen molar-refractivity contribution in [2.45, 2.75) is 27.2 Å². The molecule has 0 atom stereocenters. The molecule has 0 unspecified atom stereocenters. The van der Waals surface area contributed by atoms with Crippen LogP contribution in [0.5, 0.6) is 0 Å². The zero-order valence-corrected chi connectivity index (χ0v) is 20.3. The predicted octanol–water partition coefficient (Wildman–Crippen LogP) is 3.44. The number of carbonyl (C=O) groups is 2. The maximum atomic E-state index is 13.7. The molecule has 7 nitrogen and oxygen atoms in total. The van der Waals surface area contributed by atoms with E-state index >= 15 is 0 Å². The van der Waals surface area contributed by atoms with Gasteiger partial charge in [0.05, 0.1) is 17.8 Å². The van der Waals surface area contributed by atoms with Gasteiger partial charge in [-0.3, -0.25) is 14.5 Å². The highest BCUT2D eigenvalue weighted by Gasteiger charge is 2.26. The van der Waals surface area contributed by atoms with E-state index in [4.69, 9.17) is 5.10 Å². The predicted molar refractivity (Wildman–Crippen MR) is 134 cm³/mol. The number of benzene rings is 2. The van der Waals surface area contributed by atoms with Gasteiger partial charge in [0.2, 0.25) is 5.91 Å². The molecule has 1 aliphatic rings. The maximum Gasteiger partial charge on any atom is 0.257 e. The van der Waals surface area contributed by atoms with Gasteiger partial charge in [0.15, 0.2) is 0 Å². The lowest BCUT2D eigenvalue weighted by Crippen LogP contribution is -2.40. The third-order valence-corrected chi connectivity index (χ3v) is 6.36. The van der Waals surface area contributed by atoms with Crippen molar-refractivity contribution < 1.29 is 9.59 Å². The number of carbonyl (C=O) groups excluding carboxylic acids is 2. The van der Waals surface area contributed by atoms with E-state index in [9.17, 15) is 9.59 Å². The second-order valence-electron chi connectivity index (χ2n) is 8.85. The van der Waals surface area contributed by atoms with Crippen LogP contribution in [0.3, 0.4) is 0 Å². The first-order chi connectivity index (χ1) is 16.5. The molecule has 1 aliphatic heterocycles.